The van der Waals surface area contributed by atoms with E-state index >= 15 is 0 Å². The molecule has 7 heteroatoms. The highest BCUT2D eigenvalue weighted by atomic mass is 16.6. The Bertz CT molecular complexity index is 1040. The quantitative estimate of drug-likeness (QED) is 0.520. The van der Waals surface area contributed by atoms with Crippen LogP contribution < -0.4 is 16.6 Å². The monoisotopic (exact) mass is 367 g/mol. The minimum absolute atomic E-state index is 0.0434. The van der Waals surface area contributed by atoms with E-state index in [-0.39, 0.29) is 30.5 Å². The van der Waals surface area contributed by atoms with E-state index in [4.69, 9.17) is 10.5 Å². The highest BCUT2D eigenvalue weighted by molar-refractivity contribution is 5.83. The fourth-order valence-corrected chi connectivity index (χ4v) is 4.69. The number of fused-ring (bicyclic) bond motifs is 5. The van der Waals surface area contributed by atoms with E-state index in [2.05, 4.69) is 5.32 Å². The van der Waals surface area contributed by atoms with Crippen LogP contribution in [0.5, 0.6) is 0 Å². The largest absolute Gasteiger partial charge is 0.458 e. The van der Waals surface area contributed by atoms with Crippen LogP contribution in [0.3, 0.4) is 0 Å². The van der Waals surface area contributed by atoms with Crippen LogP contribution in [0.2, 0.25) is 0 Å². The van der Waals surface area contributed by atoms with Crippen molar-refractivity contribution in [3.63, 3.8) is 0 Å². The predicted molar refractivity (Wildman–Crippen MR) is 99.1 cm³/mol. The summed E-state index contributed by atoms with van der Waals surface area (Å²) in [6, 6.07) is 7.56. The number of carbonyl (C=O) groups excluding carboxylic acids is 1. The molecule has 3 aliphatic heterocycles. The van der Waals surface area contributed by atoms with Crippen molar-refractivity contribution in [2.24, 2.45) is 5.92 Å². The number of carbonyl (C=O) groups is 1. The number of hydrogen-bond donors (Lipinski definition) is 3. The molecule has 4 heterocycles. The van der Waals surface area contributed by atoms with Crippen LogP contribution in [-0.2, 0) is 34.7 Å². The molecule has 2 unspecified atom stereocenters. The molecule has 0 saturated heterocycles. The van der Waals surface area contributed by atoms with E-state index in [9.17, 15) is 14.7 Å². The Morgan fingerprint density at radius 2 is 2.19 bits per heavy atom. The summed E-state index contributed by atoms with van der Waals surface area (Å²) in [6.45, 7) is 2.21. The Morgan fingerprint density at radius 1 is 1.37 bits per heavy atom. The molecule has 1 aromatic carbocycles. The molecule has 5 rings (SSSR count). The van der Waals surface area contributed by atoms with Crippen LogP contribution in [-0.4, -0.2) is 15.6 Å². The number of nitrogens with two attached hydrogens (primary N) is 1. The highest BCUT2D eigenvalue weighted by Crippen LogP contribution is 2.44. The van der Waals surface area contributed by atoms with Gasteiger partial charge in [-0.15, -0.1) is 0 Å². The van der Waals surface area contributed by atoms with E-state index < -0.39 is 11.6 Å². The van der Waals surface area contributed by atoms with Gasteiger partial charge in [0.15, 0.2) is 5.60 Å². The number of aromatic nitrogens is 1. The number of nitrogen functional groups attached to an aromatic ring is 1. The van der Waals surface area contributed by atoms with Gasteiger partial charge in [-0.05, 0) is 42.7 Å². The van der Waals surface area contributed by atoms with Crippen LogP contribution in [0, 0.1) is 5.92 Å². The topological polar surface area (TPSA) is 107 Å². The smallest absolute Gasteiger partial charge is 0.343 e. The standard InChI is InChI=1S/C20H21N3O4/c1-2-20(26)14-7-16-17-11(5-10-6-12(21)3-4-15(10)22-17)8-23(16)18(24)13(14)9-27-19(20)25/h3-4,6-7,11,17,22,26H,2,5,8-9,21H2,1H3/t11?,17?,20-/m0/s1. The predicted octanol–water partition coefficient (Wildman–Crippen LogP) is 1.42. The summed E-state index contributed by atoms with van der Waals surface area (Å²) in [7, 11) is 0. The van der Waals surface area contributed by atoms with E-state index in [1.165, 1.54) is 0 Å². The maximum absolute atomic E-state index is 13.1. The molecule has 0 bridgehead atoms. The molecule has 3 aliphatic rings. The Morgan fingerprint density at radius 3 is 2.96 bits per heavy atom. The van der Waals surface area contributed by atoms with Crippen molar-refractivity contribution in [2.45, 2.75) is 44.6 Å². The van der Waals surface area contributed by atoms with E-state index in [1.54, 1.807) is 11.5 Å². The third-order valence-electron chi connectivity index (χ3n) is 6.20. The number of hydrogen-bond acceptors (Lipinski definition) is 6. The third-order valence-corrected chi connectivity index (χ3v) is 6.20. The second-order valence-corrected chi connectivity index (χ2v) is 7.67. The van der Waals surface area contributed by atoms with Crippen molar-refractivity contribution in [3.8, 4) is 0 Å². The SMILES string of the molecule is CC[C@@]1(O)C(=O)OCc2c1cc1n(c2=O)CC2Cc3cc(N)ccc3NC12. The molecule has 140 valence electrons. The average Bonchev–Trinajstić information content (AvgIpc) is 3.01. The number of benzene rings is 1. The molecule has 0 fully saturated rings. The average molecular weight is 367 g/mol. The molecular weight excluding hydrogens is 346 g/mol. The van der Waals surface area contributed by atoms with Gasteiger partial charge < -0.3 is 25.5 Å². The minimum Gasteiger partial charge on any atom is -0.458 e. The second kappa shape index (κ2) is 5.36. The number of nitrogens with zero attached hydrogens (tertiary/aromatic N) is 1. The molecular formula is C20H21N3O4. The lowest BCUT2D eigenvalue weighted by molar-refractivity contribution is -0.172. The molecule has 1 aromatic heterocycles. The summed E-state index contributed by atoms with van der Waals surface area (Å²) in [4.78, 5) is 25.3. The van der Waals surface area contributed by atoms with Gasteiger partial charge in [0, 0.05) is 35.1 Å². The lowest BCUT2D eigenvalue weighted by Crippen LogP contribution is -2.44. The number of pyridine rings is 1. The lowest BCUT2D eigenvalue weighted by atomic mass is 9.84. The third kappa shape index (κ3) is 2.12. The first-order valence-corrected chi connectivity index (χ1v) is 9.24. The zero-order valence-electron chi connectivity index (χ0n) is 15.0. The van der Waals surface area contributed by atoms with Gasteiger partial charge in [0.05, 0.1) is 11.6 Å². The number of cyclic esters (lactones) is 1. The number of rotatable bonds is 1. The lowest BCUT2D eigenvalue weighted by Gasteiger charge is -2.33. The highest BCUT2D eigenvalue weighted by Gasteiger charge is 2.47. The first-order chi connectivity index (χ1) is 12.9. The van der Waals surface area contributed by atoms with Crippen LogP contribution in [0.4, 0.5) is 11.4 Å². The van der Waals surface area contributed by atoms with Crippen molar-refractivity contribution in [1.29, 1.82) is 0 Å². The van der Waals surface area contributed by atoms with Gasteiger partial charge in [-0.1, -0.05) is 6.92 Å². The van der Waals surface area contributed by atoms with Crippen molar-refractivity contribution >= 4 is 17.3 Å². The zero-order valence-corrected chi connectivity index (χ0v) is 15.0. The molecule has 0 amide bonds. The summed E-state index contributed by atoms with van der Waals surface area (Å²) in [6.07, 6.45) is 0.975. The molecule has 3 atom stereocenters. The van der Waals surface area contributed by atoms with Crippen molar-refractivity contribution in [2.75, 3.05) is 11.1 Å². The van der Waals surface area contributed by atoms with Crippen LogP contribution >= 0.6 is 0 Å². The number of ether oxygens (including phenoxy) is 1. The molecule has 2 aromatic rings. The van der Waals surface area contributed by atoms with Gasteiger partial charge >= 0.3 is 5.97 Å². The van der Waals surface area contributed by atoms with Gasteiger partial charge in [-0.25, -0.2) is 4.79 Å². The Hall–Kier alpha value is -2.80. The van der Waals surface area contributed by atoms with Gasteiger partial charge in [0.2, 0.25) is 0 Å². The van der Waals surface area contributed by atoms with Crippen LogP contribution in [0.1, 0.15) is 41.8 Å². The number of esters is 1. The normalized spacial score (nSPS) is 27.7. The summed E-state index contributed by atoms with van der Waals surface area (Å²) in [5, 5.41) is 14.4. The summed E-state index contributed by atoms with van der Waals surface area (Å²) in [5.41, 5.74) is 8.43. The molecule has 27 heavy (non-hydrogen) atoms. The van der Waals surface area contributed by atoms with Gasteiger partial charge in [0.1, 0.15) is 6.61 Å². The van der Waals surface area contributed by atoms with Crippen molar-refractivity contribution < 1.29 is 14.6 Å². The number of aliphatic hydroxyl groups is 1. The first-order valence-electron chi connectivity index (χ1n) is 9.24. The van der Waals surface area contributed by atoms with Gasteiger partial charge in [0.25, 0.3) is 5.56 Å². The van der Waals surface area contributed by atoms with Crippen LogP contribution in [0.25, 0.3) is 0 Å². The van der Waals surface area contributed by atoms with E-state index in [0.29, 0.717) is 17.7 Å². The zero-order chi connectivity index (χ0) is 18.9. The molecule has 0 aliphatic carbocycles. The van der Waals surface area contributed by atoms with Crippen LogP contribution in [0.15, 0.2) is 29.1 Å². The van der Waals surface area contributed by atoms with Crippen molar-refractivity contribution in [1.82, 2.24) is 4.57 Å². The Labute approximate surface area is 155 Å². The fraction of sp³-hybridized carbons (Fsp3) is 0.400. The number of anilines is 2. The molecule has 0 spiro atoms. The maximum atomic E-state index is 13.1. The summed E-state index contributed by atoms with van der Waals surface area (Å²) >= 11 is 0. The summed E-state index contributed by atoms with van der Waals surface area (Å²) in [5.74, 6) is -0.476. The molecule has 0 radical (unpaired) electrons. The maximum Gasteiger partial charge on any atom is 0.343 e. The molecule has 4 N–H and O–H groups in total. The van der Waals surface area contributed by atoms with Gasteiger partial charge in [-0.2, -0.15) is 0 Å². The van der Waals surface area contributed by atoms with Gasteiger partial charge in [-0.3, -0.25) is 4.79 Å². The molecule has 7 nitrogen and oxygen atoms in total. The Kier molecular flexibility index (Phi) is 3.25. The second-order valence-electron chi connectivity index (χ2n) is 7.67. The van der Waals surface area contributed by atoms with E-state index in [0.717, 1.165) is 29.1 Å². The number of nitrogens with one attached hydrogen (secondary N) is 1. The van der Waals surface area contributed by atoms with E-state index in [1.807, 2.05) is 24.3 Å². The molecule has 0 saturated carbocycles. The summed E-state index contributed by atoms with van der Waals surface area (Å²) < 4.78 is 6.86. The fourth-order valence-electron chi connectivity index (χ4n) is 4.69. The van der Waals surface area contributed by atoms with Crippen molar-refractivity contribution in [3.05, 3.63) is 57.0 Å². The Balaban J connectivity index is 1.65. The first kappa shape index (κ1) is 16.4. The minimum atomic E-state index is -1.76.